The molecule has 4 rings (SSSR count). The van der Waals surface area contributed by atoms with Crippen LogP contribution in [0.4, 0.5) is 0 Å². The van der Waals surface area contributed by atoms with E-state index in [1.807, 2.05) is 6.08 Å². The van der Waals surface area contributed by atoms with Gasteiger partial charge in [-0.25, -0.2) is 0 Å². The van der Waals surface area contributed by atoms with Gasteiger partial charge >= 0.3 is 0 Å². The lowest BCUT2D eigenvalue weighted by Crippen LogP contribution is -2.53. The van der Waals surface area contributed by atoms with Gasteiger partial charge in [-0.2, -0.15) is 0 Å². The molecule has 6 atom stereocenters. The van der Waals surface area contributed by atoms with Gasteiger partial charge in [0.15, 0.2) is 5.78 Å². The smallest absolute Gasteiger partial charge is 0.161 e. The number of carbonyl (C=O) groups excluding carboxylic acids is 2. The van der Waals surface area contributed by atoms with E-state index in [2.05, 4.69) is 19.9 Å². The van der Waals surface area contributed by atoms with Gasteiger partial charge in [-0.05, 0) is 67.3 Å². The van der Waals surface area contributed by atoms with E-state index in [0.29, 0.717) is 34.7 Å². The van der Waals surface area contributed by atoms with Crippen LogP contribution in [0.25, 0.3) is 0 Å². The summed E-state index contributed by atoms with van der Waals surface area (Å²) < 4.78 is 0. The monoisotopic (exact) mass is 286 g/mol. The number of rotatable bonds is 0. The molecule has 2 nitrogen and oxygen atoms in total. The zero-order valence-corrected chi connectivity index (χ0v) is 13.2. The number of fused-ring (bicyclic) bond motifs is 5. The Labute approximate surface area is 127 Å². The summed E-state index contributed by atoms with van der Waals surface area (Å²) in [6.07, 6.45) is 11.4. The normalized spacial score (nSPS) is 52.3. The minimum Gasteiger partial charge on any atom is -0.300 e. The van der Waals surface area contributed by atoms with E-state index in [9.17, 15) is 9.59 Å². The maximum absolute atomic E-state index is 12.3. The molecule has 4 aliphatic carbocycles. The van der Waals surface area contributed by atoms with Crippen molar-refractivity contribution >= 4 is 11.6 Å². The fourth-order valence-corrected chi connectivity index (χ4v) is 6.32. The van der Waals surface area contributed by atoms with Crippen LogP contribution in [-0.4, -0.2) is 11.6 Å². The SMILES string of the molecule is C[C@@]12CCC(=O)C[C@@H]1CC[C@H]1[C@H]2CC[C@]2(C)C(=O)C=C[C@H]12. The third-order valence-corrected chi connectivity index (χ3v) is 7.75. The van der Waals surface area contributed by atoms with Crippen LogP contribution in [0.1, 0.15) is 58.8 Å². The summed E-state index contributed by atoms with van der Waals surface area (Å²) in [5.41, 5.74) is 0.229. The Balaban J connectivity index is 1.67. The molecule has 0 amide bonds. The Morgan fingerprint density at radius 2 is 1.90 bits per heavy atom. The Hall–Kier alpha value is -0.920. The Morgan fingerprint density at radius 1 is 1.10 bits per heavy atom. The molecular formula is C19H26O2. The highest BCUT2D eigenvalue weighted by molar-refractivity contribution is 5.97. The number of ketones is 2. The molecule has 0 heterocycles. The van der Waals surface area contributed by atoms with Crippen molar-refractivity contribution in [1.82, 2.24) is 0 Å². The van der Waals surface area contributed by atoms with E-state index in [1.54, 1.807) is 0 Å². The Morgan fingerprint density at radius 3 is 2.71 bits per heavy atom. The van der Waals surface area contributed by atoms with Crippen molar-refractivity contribution in [3.63, 3.8) is 0 Å². The molecule has 3 fully saturated rings. The second-order valence-electron chi connectivity index (χ2n) is 8.50. The van der Waals surface area contributed by atoms with Crippen molar-refractivity contribution in [2.24, 2.45) is 34.5 Å². The molecule has 2 heteroatoms. The van der Waals surface area contributed by atoms with Crippen molar-refractivity contribution in [2.45, 2.75) is 58.8 Å². The van der Waals surface area contributed by atoms with E-state index in [-0.39, 0.29) is 5.41 Å². The molecule has 0 bridgehead atoms. The molecule has 0 unspecified atom stereocenters. The number of Topliss-reactive ketones (excluding diaryl/α,β-unsaturated/α-hetero) is 1. The zero-order chi connectivity index (χ0) is 14.8. The van der Waals surface area contributed by atoms with Crippen molar-refractivity contribution < 1.29 is 9.59 Å². The van der Waals surface area contributed by atoms with E-state index in [0.717, 1.165) is 31.6 Å². The Bertz CT molecular complexity index is 534. The lowest BCUT2D eigenvalue weighted by molar-refractivity contribution is -0.142. The standard InChI is InChI=1S/C19H26O2/c1-18-9-7-13(20)11-12(18)3-4-14-15-5-6-17(21)19(15,2)10-8-16(14)18/h5-6,12,14-16H,3-4,7-11H2,1-2H3/t12-,14+,15+,16+,18+,19-/m0/s1. The Kier molecular flexibility index (Phi) is 2.81. The van der Waals surface area contributed by atoms with Crippen molar-refractivity contribution in [3.8, 4) is 0 Å². The van der Waals surface area contributed by atoms with E-state index < -0.39 is 0 Å². The first-order valence-electron chi connectivity index (χ1n) is 8.69. The molecule has 0 N–H and O–H groups in total. The summed E-state index contributed by atoms with van der Waals surface area (Å²) in [6.45, 7) is 4.64. The molecule has 0 aliphatic heterocycles. The number of carbonyl (C=O) groups is 2. The first kappa shape index (κ1) is 13.7. The maximum atomic E-state index is 12.3. The summed E-state index contributed by atoms with van der Waals surface area (Å²) in [7, 11) is 0. The fourth-order valence-electron chi connectivity index (χ4n) is 6.32. The third kappa shape index (κ3) is 1.71. The lowest BCUT2D eigenvalue weighted by atomic mass is 9.45. The molecule has 0 aromatic rings. The highest BCUT2D eigenvalue weighted by Gasteiger charge is 2.58. The lowest BCUT2D eigenvalue weighted by Gasteiger charge is -2.59. The van der Waals surface area contributed by atoms with E-state index in [4.69, 9.17) is 0 Å². The quantitative estimate of drug-likeness (QED) is 0.676. The first-order valence-corrected chi connectivity index (χ1v) is 8.69. The predicted molar refractivity (Wildman–Crippen MR) is 81.6 cm³/mol. The van der Waals surface area contributed by atoms with Crippen LogP contribution in [0.3, 0.4) is 0 Å². The summed E-state index contributed by atoms with van der Waals surface area (Å²) >= 11 is 0. The summed E-state index contributed by atoms with van der Waals surface area (Å²) in [4.78, 5) is 24.1. The van der Waals surface area contributed by atoms with Crippen LogP contribution in [0, 0.1) is 34.5 Å². The minimum absolute atomic E-state index is 0.116. The van der Waals surface area contributed by atoms with Crippen LogP contribution in [0.15, 0.2) is 12.2 Å². The number of allylic oxidation sites excluding steroid dienone is 2. The van der Waals surface area contributed by atoms with E-state index in [1.165, 1.54) is 19.3 Å². The van der Waals surface area contributed by atoms with Gasteiger partial charge in [-0.15, -0.1) is 0 Å². The summed E-state index contributed by atoms with van der Waals surface area (Å²) in [6, 6.07) is 0. The molecule has 21 heavy (non-hydrogen) atoms. The molecule has 0 aromatic heterocycles. The highest BCUT2D eigenvalue weighted by atomic mass is 16.1. The van der Waals surface area contributed by atoms with Gasteiger partial charge in [0.25, 0.3) is 0 Å². The molecule has 0 aromatic carbocycles. The van der Waals surface area contributed by atoms with Gasteiger partial charge in [-0.3, -0.25) is 9.59 Å². The van der Waals surface area contributed by atoms with Crippen LogP contribution >= 0.6 is 0 Å². The van der Waals surface area contributed by atoms with Crippen molar-refractivity contribution in [3.05, 3.63) is 12.2 Å². The number of hydrogen-bond acceptors (Lipinski definition) is 2. The molecular weight excluding hydrogens is 260 g/mol. The minimum atomic E-state index is -0.116. The highest BCUT2D eigenvalue weighted by Crippen LogP contribution is 2.63. The molecule has 114 valence electrons. The van der Waals surface area contributed by atoms with Gasteiger partial charge in [0.2, 0.25) is 0 Å². The first-order chi connectivity index (χ1) is 9.95. The van der Waals surface area contributed by atoms with Crippen molar-refractivity contribution in [2.75, 3.05) is 0 Å². The largest absolute Gasteiger partial charge is 0.300 e. The van der Waals surface area contributed by atoms with Crippen LogP contribution in [0.5, 0.6) is 0 Å². The average molecular weight is 286 g/mol. The second kappa shape index (κ2) is 4.30. The van der Waals surface area contributed by atoms with Gasteiger partial charge in [0.1, 0.15) is 5.78 Å². The van der Waals surface area contributed by atoms with Gasteiger partial charge in [0, 0.05) is 18.3 Å². The van der Waals surface area contributed by atoms with Gasteiger partial charge in [0.05, 0.1) is 0 Å². The maximum Gasteiger partial charge on any atom is 0.161 e. The second-order valence-corrected chi connectivity index (χ2v) is 8.50. The molecule has 0 radical (unpaired) electrons. The summed E-state index contributed by atoms with van der Waals surface area (Å²) in [5.74, 6) is 3.29. The van der Waals surface area contributed by atoms with E-state index >= 15 is 0 Å². The van der Waals surface area contributed by atoms with Crippen molar-refractivity contribution in [1.29, 1.82) is 0 Å². The van der Waals surface area contributed by atoms with Crippen LogP contribution in [-0.2, 0) is 9.59 Å². The number of hydrogen-bond donors (Lipinski definition) is 0. The molecule has 3 saturated carbocycles. The molecule has 4 aliphatic rings. The van der Waals surface area contributed by atoms with Gasteiger partial charge < -0.3 is 0 Å². The fraction of sp³-hybridized carbons (Fsp3) is 0.789. The zero-order valence-electron chi connectivity index (χ0n) is 13.2. The summed E-state index contributed by atoms with van der Waals surface area (Å²) in [5, 5.41) is 0. The molecule has 0 saturated heterocycles. The molecule has 0 spiro atoms. The average Bonchev–Trinajstić information content (AvgIpc) is 2.76. The van der Waals surface area contributed by atoms with Crippen LogP contribution in [0.2, 0.25) is 0 Å². The van der Waals surface area contributed by atoms with Gasteiger partial charge in [-0.1, -0.05) is 19.9 Å². The topological polar surface area (TPSA) is 34.1 Å². The third-order valence-electron chi connectivity index (χ3n) is 7.75. The van der Waals surface area contributed by atoms with Crippen LogP contribution < -0.4 is 0 Å². The predicted octanol–water partition coefficient (Wildman–Crippen LogP) is 3.94.